The van der Waals surface area contributed by atoms with Crippen LogP contribution in [-0.4, -0.2) is 68.9 Å². The summed E-state index contributed by atoms with van der Waals surface area (Å²) in [6.45, 7) is 1.09. The smallest absolute Gasteiger partial charge is 0.407 e. The molecule has 1 atom stereocenters. The molecule has 13 heteroatoms. The van der Waals surface area contributed by atoms with E-state index in [-0.39, 0.29) is 49.3 Å². The number of carbonyl (C=O) groups is 2. The van der Waals surface area contributed by atoms with Gasteiger partial charge in [-0.25, -0.2) is 9.78 Å². The zero-order valence-corrected chi connectivity index (χ0v) is 16.0. The second-order valence-corrected chi connectivity index (χ2v) is 6.58. The van der Waals surface area contributed by atoms with Crippen LogP contribution in [-0.2, 0) is 16.1 Å². The average Bonchev–Trinajstić information content (AvgIpc) is 2.65. The number of nitrogens with zero attached hydrogens (tertiary/aromatic N) is 6. The van der Waals surface area contributed by atoms with E-state index >= 15 is 0 Å². The topological polar surface area (TPSA) is 163 Å². The fourth-order valence-electron chi connectivity index (χ4n) is 2.81. The third-order valence-electron chi connectivity index (χ3n) is 4.05. The van der Waals surface area contributed by atoms with Crippen molar-refractivity contribution in [2.45, 2.75) is 31.1 Å². The van der Waals surface area contributed by atoms with Crippen LogP contribution in [0.25, 0.3) is 0 Å². The van der Waals surface area contributed by atoms with Crippen molar-refractivity contribution in [1.82, 2.24) is 14.9 Å². The highest BCUT2D eigenvalue weighted by atomic mass is 32.2. The molecule has 0 bridgehead atoms. The Labute approximate surface area is 164 Å². The fraction of sp³-hybridized carbons (Fsp3) is 0.533. The molecule has 28 heavy (non-hydrogen) atoms. The zero-order valence-electron chi connectivity index (χ0n) is 15.2. The lowest BCUT2D eigenvalue weighted by Gasteiger charge is -2.39. The van der Waals surface area contributed by atoms with Gasteiger partial charge in [-0.15, -0.1) is 0 Å². The third kappa shape index (κ3) is 4.77. The molecule has 0 aromatic carbocycles. The number of aromatic nitrogens is 2. The number of anilines is 1. The number of amides is 1. The first-order valence-corrected chi connectivity index (χ1v) is 9.35. The summed E-state index contributed by atoms with van der Waals surface area (Å²) in [6, 6.07) is 1.29. The molecule has 0 saturated carbocycles. The molecule has 1 fully saturated rings. The number of carbonyl (C=O) groups excluding carboxylic acids is 1. The van der Waals surface area contributed by atoms with Crippen LogP contribution in [0.3, 0.4) is 0 Å². The molecule has 1 N–H and O–H groups in total. The van der Waals surface area contributed by atoms with Crippen LogP contribution < -0.4 is 4.90 Å². The first kappa shape index (κ1) is 21.2. The standard InChI is InChI=1S/C15H18N6O6S/c1-9(22)27-8-11-12(21(25)26)13(18-14(17-11)28-2)19-5-6-20(15(23)24)10(7-19)3-4-16/h10H,3,5-8H2,1-2H3,(H,23,24). The summed E-state index contributed by atoms with van der Waals surface area (Å²) < 4.78 is 4.88. The second-order valence-electron chi connectivity index (χ2n) is 5.80. The van der Waals surface area contributed by atoms with Gasteiger partial charge in [-0.05, 0) is 6.26 Å². The summed E-state index contributed by atoms with van der Waals surface area (Å²) in [5.41, 5.74) is -0.453. The van der Waals surface area contributed by atoms with Gasteiger partial charge in [0.1, 0.15) is 6.61 Å². The maximum Gasteiger partial charge on any atom is 0.407 e. The number of esters is 1. The first-order chi connectivity index (χ1) is 13.3. The lowest BCUT2D eigenvalue weighted by Crippen LogP contribution is -2.55. The summed E-state index contributed by atoms with van der Waals surface area (Å²) in [7, 11) is 0. The molecule has 0 aliphatic carbocycles. The van der Waals surface area contributed by atoms with Crippen LogP contribution in [0.2, 0.25) is 0 Å². The van der Waals surface area contributed by atoms with E-state index in [2.05, 4.69) is 9.97 Å². The largest absolute Gasteiger partial charge is 0.465 e. The van der Waals surface area contributed by atoms with Crippen LogP contribution in [0.5, 0.6) is 0 Å². The number of carboxylic acid groups (broad SMARTS) is 1. The SMILES string of the molecule is CSc1nc(COC(C)=O)c([N+](=O)[O-])c(N2CCN(C(=O)O)C(CC#N)C2)n1. The fourth-order valence-corrected chi connectivity index (χ4v) is 3.19. The van der Waals surface area contributed by atoms with Crippen molar-refractivity contribution in [2.75, 3.05) is 30.8 Å². The number of piperazine rings is 1. The normalized spacial score (nSPS) is 16.4. The second kappa shape index (κ2) is 9.18. The van der Waals surface area contributed by atoms with Crippen molar-refractivity contribution in [3.8, 4) is 6.07 Å². The number of hydrogen-bond donors (Lipinski definition) is 1. The number of thioether (sulfide) groups is 1. The minimum atomic E-state index is -1.16. The molecule has 1 saturated heterocycles. The van der Waals surface area contributed by atoms with Gasteiger partial charge in [-0.2, -0.15) is 10.2 Å². The van der Waals surface area contributed by atoms with E-state index in [4.69, 9.17) is 10.00 Å². The minimum Gasteiger partial charge on any atom is -0.465 e. The lowest BCUT2D eigenvalue weighted by molar-refractivity contribution is -0.385. The molecule has 12 nitrogen and oxygen atoms in total. The molecule has 0 radical (unpaired) electrons. The number of hydrogen-bond acceptors (Lipinski definition) is 10. The van der Waals surface area contributed by atoms with Crippen LogP contribution >= 0.6 is 11.8 Å². The molecule has 1 aliphatic rings. The number of rotatable bonds is 6. The maximum absolute atomic E-state index is 11.7. The van der Waals surface area contributed by atoms with Gasteiger partial charge in [-0.3, -0.25) is 14.9 Å². The minimum absolute atomic E-state index is 0.0134. The first-order valence-electron chi connectivity index (χ1n) is 8.12. The van der Waals surface area contributed by atoms with Gasteiger partial charge in [0.2, 0.25) is 5.82 Å². The molecular formula is C15H18N6O6S. The van der Waals surface area contributed by atoms with Crippen molar-refractivity contribution in [3.63, 3.8) is 0 Å². The van der Waals surface area contributed by atoms with Crippen molar-refractivity contribution < 1.29 is 24.4 Å². The molecule has 1 aliphatic heterocycles. The molecule has 2 heterocycles. The molecule has 2 rings (SSSR count). The lowest BCUT2D eigenvalue weighted by atomic mass is 10.1. The predicted molar refractivity (Wildman–Crippen MR) is 96.9 cm³/mol. The Morgan fingerprint density at radius 1 is 1.46 bits per heavy atom. The molecule has 1 aromatic rings. The highest BCUT2D eigenvalue weighted by Crippen LogP contribution is 2.33. The molecule has 150 valence electrons. The monoisotopic (exact) mass is 410 g/mol. The van der Waals surface area contributed by atoms with E-state index in [1.165, 1.54) is 6.92 Å². The quantitative estimate of drug-likeness (QED) is 0.236. The highest BCUT2D eigenvalue weighted by Gasteiger charge is 2.35. The van der Waals surface area contributed by atoms with Crippen molar-refractivity contribution >= 4 is 35.3 Å². The Balaban J connectivity index is 2.46. The van der Waals surface area contributed by atoms with Crippen LogP contribution in [0.1, 0.15) is 19.0 Å². The van der Waals surface area contributed by atoms with E-state index in [9.17, 15) is 24.8 Å². The summed E-state index contributed by atoms with van der Waals surface area (Å²) in [5.74, 6) is -0.594. The van der Waals surface area contributed by atoms with E-state index < -0.39 is 28.7 Å². The van der Waals surface area contributed by atoms with Crippen molar-refractivity contribution in [1.29, 1.82) is 5.26 Å². The van der Waals surface area contributed by atoms with E-state index in [0.717, 1.165) is 16.7 Å². The summed E-state index contributed by atoms with van der Waals surface area (Å²) >= 11 is 1.16. The van der Waals surface area contributed by atoms with Gasteiger partial charge in [0, 0.05) is 26.6 Å². The third-order valence-corrected chi connectivity index (χ3v) is 4.60. The molecule has 1 aromatic heterocycles. The summed E-state index contributed by atoms with van der Waals surface area (Å²) in [5, 5.41) is 30.2. The molecule has 1 amide bonds. The van der Waals surface area contributed by atoms with E-state index in [0.29, 0.717) is 0 Å². The predicted octanol–water partition coefficient (Wildman–Crippen LogP) is 1.25. The molecule has 1 unspecified atom stereocenters. The Hall–Kier alpha value is -3.14. The Morgan fingerprint density at radius 3 is 2.71 bits per heavy atom. The van der Waals surface area contributed by atoms with Crippen molar-refractivity contribution in [3.05, 3.63) is 15.8 Å². The number of nitriles is 1. The van der Waals surface area contributed by atoms with Gasteiger partial charge in [0.25, 0.3) is 0 Å². The van der Waals surface area contributed by atoms with Gasteiger partial charge < -0.3 is 19.6 Å². The Bertz CT molecular complexity index is 828. The Kier molecular flexibility index (Phi) is 6.94. The maximum atomic E-state index is 11.7. The molecule has 0 spiro atoms. The highest BCUT2D eigenvalue weighted by molar-refractivity contribution is 7.98. The summed E-state index contributed by atoms with van der Waals surface area (Å²) in [4.78, 5) is 44.6. The van der Waals surface area contributed by atoms with Gasteiger partial charge >= 0.3 is 17.7 Å². The van der Waals surface area contributed by atoms with Gasteiger partial charge in [0.05, 0.1) is 23.5 Å². The van der Waals surface area contributed by atoms with Crippen molar-refractivity contribution in [2.24, 2.45) is 0 Å². The number of ether oxygens (including phenoxy) is 1. The Morgan fingerprint density at radius 2 is 2.18 bits per heavy atom. The van der Waals surface area contributed by atoms with E-state index in [1.54, 1.807) is 11.2 Å². The van der Waals surface area contributed by atoms with Crippen LogP contribution in [0, 0.1) is 21.4 Å². The zero-order chi connectivity index (χ0) is 20.8. The van der Waals surface area contributed by atoms with Crippen LogP contribution in [0.15, 0.2) is 5.16 Å². The average molecular weight is 410 g/mol. The van der Waals surface area contributed by atoms with Crippen LogP contribution in [0.4, 0.5) is 16.3 Å². The molecular weight excluding hydrogens is 392 g/mol. The van der Waals surface area contributed by atoms with Gasteiger partial charge in [0.15, 0.2) is 10.9 Å². The van der Waals surface area contributed by atoms with E-state index in [1.807, 2.05) is 6.07 Å². The number of nitro groups is 1. The van der Waals surface area contributed by atoms with Gasteiger partial charge in [-0.1, -0.05) is 11.8 Å². The summed E-state index contributed by atoms with van der Waals surface area (Å²) in [6.07, 6.45) is 0.483.